The average molecular weight is 380 g/mol. The molecule has 0 atom stereocenters. The number of ether oxygens (including phenoxy) is 1. The molecule has 5 nitrogen and oxygen atoms in total. The fourth-order valence-electron chi connectivity index (χ4n) is 2.41. The quantitative estimate of drug-likeness (QED) is 0.808. The van der Waals surface area contributed by atoms with Crippen LogP contribution in [0.3, 0.4) is 0 Å². The Morgan fingerprint density at radius 2 is 2.00 bits per heavy atom. The molecule has 2 aromatic carbocycles. The van der Waals surface area contributed by atoms with Gasteiger partial charge < -0.3 is 4.74 Å². The van der Waals surface area contributed by atoms with Crippen molar-refractivity contribution in [2.24, 2.45) is 5.10 Å². The van der Waals surface area contributed by atoms with Gasteiger partial charge in [0.25, 0.3) is 10.0 Å². The van der Waals surface area contributed by atoms with Crippen molar-refractivity contribution in [1.82, 2.24) is 4.83 Å². The highest BCUT2D eigenvalue weighted by atomic mass is 32.2. The van der Waals surface area contributed by atoms with Gasteiger partial charge in [0.2, 0.25) is 0 Å². The highest BCUT2D eigenvalue weighted by Gasteiger charge is 2.19. The molecule has 0 saturated carbocycles. The van der Waals surface area contributed by atoms with Crippen LogP contribution in [0.1, 0.15) is 18.9 Å². The standard InChI is InChI=1S/C17H17FN2O3S2/c1-2-23-13-4-6-14(7-5-13)25(21,22)20-19-16-9-10-24-17-8-3-12(18)11-15(16)17/h3-8,11,20H,2,9-10H2,1H3/b19-16+. The summed E-state index contributed by atoms with van der Waals surface area (Å²) in [6.45, 7) is 2.36. The molecule has 8 heteroatoms. The van der Waals surface area contributed by atoms with Crippen LogP contribution in [0.25, 0.3) is 0 Å². The maximum Gasteiger partial charge on any atom is 0.276 e. The second kappa shape index (κ2) is 7.45. The van der Waals surface area contributed by atoms with Crippen LogP contribution in [-0.2, 0) is 10.0 Å². The molecule has 0 radical (unpaired) electrons. The summed E-state index contributed by atoms with van der Waals surface area (Å²) in [5.74, 6) is 0.993. The molecule has 0 saturated heterocycles. The zero-order valence-corrected chi connectivity index (χ0v) is 15.2. The highest BCUT2D eigenvalue weighted by Crippen LogP contribution is 2.30. The molecule has 1 N–H and O–H groups in total. The van der Waals surface area contributed by atoms with Crippen molar-refractivity contribution in [3.05, 3.63) is 53.8 Å². The van der Waals surface area contributed by atoms with Crippen molar-refractivity contribution in [2.45, 2.75) is 23.1 Å². The summed E-state index contributed by atoms with van der Waals surface area (Å²) < 4.78 is 43.6. The third-order valence-electron chi connectivity index (χ3n) is 3.59. The third-order valence-corrected chi connectivity index (χ3v) is 5.89. The number of benzene rings is 2. The Bertz CT molecular complexity index is 897. The molecule has 3 rings (SSSR count). The zero-order chi connectivity index (χ0) is 17.9. The summed E-state index contributed by atoms with van der Waals surface area (Å²) in [5.41, 5.74) is 1.16. The van der Waals surface area contributed by atoms with E-state index in [0.29, 0.717) is 30.1 Å². The van der Waals surface area contributed by atoms with Gasteiger partial charge in [-0.1, -0.05) is 0 Å². The van der Waals surface area contributed by atoms with Gasteiger partial charge in [-0.2, -0.15) is 18.4 Å². The zero-order valence-electron chi connectivity index (χ0n) is 13.5. The van der Waals surface area contributed by atoms with E-state index in [2.05, 4.69) is 9.93 Å². The molecule has 0 aromatic heterocycles. The van der Waals surface area contributed by atoms with E-state index in [1.807, 2.05) is 6.92 Å². The molecule has 1 aliphatic heterocycles. The lowest BCUT2D eigenvalue weighted by Crippen LogP contribution is -2.22. The van der Waals surface area contributed by atoms with Crippen molar-refractivity contribution in [3.8, 4) is 5.75 Å². The molecular formula is C17H17FN2O3S2. The molecule has 25 heavy (non-hydrogen) atoms. The van der Waals surface area contributed by atoms with Crippen molar-refractivity contribution in [2.75, 3.05) is 12.4 Å². The summed E-state index contributed by atoms with van der Waals surface area (Å²) in [5, 5.41) is 4.04. The summed E-state index contributed by atoms with van der Waals surface area (Å²) >= 11 is 1.60. The fraction of sp³-hybridized carbons (Fsp3) is 0.235. The number of hydrogen-bond donors (Lipinski definition) is 1. The molecule has 0 unspecified atom stereocenters. The maximum atomic E-state index is 13.5. The predicted octanol–water partition coefficient (Wildman–Crippen LogP) is 3.40. The van der Waals surface area contributed by atoms with Gasteiger partial charge in [-0.15, -0.1) is 11.8 Å². The minimum atomic E-state index is -3.80. The summed E-state index contributed by atoms with van der Waals surface area (Å²) in [7, 11) is -3.80. The Morgan fingerprint density at radius 1 is 1.24 bits per heavy atom. The third kappa shape index (κ3) is 4.13. The molecule has 2 aromatic rings. The van der Waals surface area contributed by atoms with E-state index in [4.69, 9.17) is 4.74 Å². The van der Waals surface area contributed by atoms with E-state index < -0.39 is 10.0 Å². The molecule has 0 aliphatic carbocycles. The molecule has 0 amide bonds. The molecule has 1 heterocycles. The first-order valence-electron chi connectivity index (χ1n) is 7.73. The first kappa shape index (κ1) is 17.8. The van der Waals surface area contributed by atoms with Crippen LogP contribution in [0.2, 0.25) is 0 Å². The van der Waals surface area contributed by atoms with Crippen molar-refractivity contribution < 1.29 is 17.5 Å². The van der Waals surface area contributed by atoms with Gasteiger partial charge in [0.1, 0.15) is 11.6 Å². The number of hydrazone groups is 1. The summed E-state index contributed by atoms with van der Waals surface area (Å²) in [4.78, 5) is 3.23. The van der Waals surface area contributed by atoms with Crippen molar-refractivity contribution >= 4 is 27.5 Å². The Morgan fingerprint density at radius 3 is 2.72 bits per heavy atom. The van der Waals surface area contributed by atoms with Crippen molar-refractivity contribution in [1.29, 1.82) is 0 Å². The van der Waals surface area contributed by atoms with E-state index >= 15 is 0 Å². The lowest BCUT2D eigenvalue weighted by atomic mass is 10.1. The molecular weight excluding hydrogens is 363 g/mol. The predicted molar refractivity (Wildman–Crippen MR) is 96.2 cm³/mol. The summed E-state index contributed by atoms with van der Waals surface area (Å²) in [6.07, 6.45) is 0.562. The average Bonchev–Trinajstić information content (AvgIpc) is 2.61. The minimum Gasteiger partial charge on any atom is -0.494 e. The van der Waals surface area contributed by atoms with Gasteiger partial charge in [0, 0.05) is 22.6 Å². The number of hydrogen-bond acceptors (Lipinski definition) is 5. The number of rotatable bonds is 5. The van der Waals surface area contributed by atoms with Gasteiger partial charge in [-0.3, -0.25) is 0 Å². The number of fused-ring (bicyclic) bond motifs is 1. The van der Waals surface area contributed by atoms with Crippen LogP contribution in [0, 0.1) is 5.82 Å². The molecule has 132 valence electrons. The maximum absolute atomic E-state index is 13.5. The lowest BCUT2D eigenvalue weighted by molar-refractivity contribution is 0.340. The second-order valence-electron chi connectivity index (χ2n) is 5.30. The molecule has 0 bridgehead atoms. The number of nitrogens with zero attached hydrogens (tertiary/aromatic N) is 1. The molecule has 1 aliphatic rings. The first-order valence-corrected chi connectivity index (χ1v) is 10.2. The van der Waals surface area contributed by atoms with E-state index in [0.717, 1.165) is 10.6 Å². The Balaban J connectivity index is 1.83. The molecule has 0 spiro atoms. The van der Waals surface area contributed by atoms with Crippen LogP contribution < -0.4 is 9.57 Å². The smallest absolute Gasteiger partial charge is 0.276 e. The Hall–Kier alpha value is -2.06. The van der Waals surface area contributed by atoms with Gasteiger partial charge in [-0.05, 0) is 49.4 Å². The lowest BCUT2D eigenvalue weighted by Gasteiger charge is -2.17. The monoisotopic (exact) mass is 380 g/mol. The Kier molecular flexibility index (Phi) is 5.29. The van der Waals surface area contributed by atoms with Gasteiger partial charge in [-0.25, -0.2) is 4.39 Å². The van der Waals surface area contributed by atoms with E-state index in [-0.39, 0.29) is 10.7 Å². The largest absolute Gasteiger partial charge is 0.494 e. The van der Waals surface area contributed by atoms with E-state index in [1.165, 1.54) is 24.3 Å². The van der Waals surface area contributed by atoms with Crippen LogP contribution >= 0.6 is 11.8 Å². The van der Waals surface area contributed by atoms with Gasteiger partial charge >= 0.3 is 0 Å². The van der Waals surface area contributed by atoms with Gasteiger partial charge in [0.15, 0.2) is 0 Å². The molecule has 0 fully saturated rings. The minimum absolute atomic E-state index is 0.0879. The van der Waals surface area contributed by atoms with Gasteiger partial charge in [0.05, 0.1) is 17.2 Å². The normalized spacial score (nSPS) is 15.7. The second-order valence-corrected chi connectivity index (χ2v) is 8.09. The van der Waals surface area contributed by atoms with Crippen LogP contribution in [0.4, 0.5) is 4.39 Å². The fourth-order valence-corrected chi connectivity index (χ4v) is 4.25. The van der Waals surface area contributed by atoms with Crippen LogP contribution in [0.15, 0.2) is 57.4 Å². The SMILES string of the molecule is CCOc1ccc(S(=O)(=O)N/N=C2\CCSc3ccc(F)cc32)cc1. The number of nitrogens with one attached hydrogen (secondary N) is 1. The number of halogens is 1. The number of sulfonamides is 1. The highest BCUT2D eigenvalue weighted by molar-refractivity contribution is 7.99. The Labute approximate surface area is 150 Å². The van der Waals surface area contributed by atoms with Crippen LogP contribution in [0.5, 0.6) is 5.75 Å². The topological polar surface area (TPSA) is 67.8 Å². The summed E-state index contributed by atoms with van der Waals surface area (Å²) in [6, 6.07) is 10.5. The van der Waals surface area contributed by atoms with Crippen LogP contribution in [-0.4, -0.2) is 26.5 Å². The van der Waals surface area contributed by atoms with E-state index in [9.17, 15) is 12.8 Å². The first-order chi connectivity index (χ1) is 12.0. The van der Waals surface area contributed by atoms with Crippen molar-refractivity contribution in [3.63, 3.8) is 0 Å². The number of thioether (sulfide) groups is 1. The van der Waals surface area contributed by atoms with E-state index in [1.54, 1.807) is 30.0 Å².